The van der Waals surface area contributed by atoms with Gasteiger partial charge in [0, 0.05) is 11.5 Å². The SMILES string of the molecule is CCCCCCCCS(=O)(=O)[O-].CCCCCCCS(=O)(=O)[O-].O.[Na+].[Na+]. The Morgan fingerprint density at radius 3 is 1.00 bits per heavy atom. The zero-order valence-corrected chi connectivity index (χ0v) is 22.6. The molecule has 0 heterocycles. The molecule has 7 nitrogen and oxygen atoms in total. The van der Waals surface area contributed by atoms with Gasteiger partial charge < -0.3 is 14.6 Å². The molecular weight excluding hydrogens is 402 g/mol. The predicted octanol–water partition coefficient (Wildman–Crippen LogP) is -3.42. The van der Waals surface area contributed by atoms with E-state index in [0.29, 0.717) is 12.8 Å². The van der Waals surface area contributed by atoms with E-state index in [-0.39, 0.29) is 76.1 Å². The van der Waals surface area contributed by atoms with E-state index < -0.39 is 20.2 Å². The molecule has 2 N–H and O–H groups in total. The maximum absolute atomic E-state index is 10.2. The molecule has 0 saturated heterocycles. The van der Waals surface area contributed by atoms with Crippen LogP contribution in [-0.2, 0) is 20.2 Å². The summed E-state index contributed by atoms with van der Waals surface area (Å²) in [7, 11) is -7.93. The van der Waals surface area contributed by atoms with Crippen LogP contribution in [0.3, 0.4) is 0 Å². The smallest absolute Gasteiger partial charge is 0.748 e. The van der Waals surface area contributed by atoms with E-state index in [9.17, 15) is 25.9 Å². The van der Waals surface area contributed by atoms with Gasteiger partial charge in [0.05, 0.1) is 20.2 Å². The largest absolute Gasteiger partial charge is 1.00 e. The fraction of sp³-hybridized carbons (Fsp3) is 1.00. The molecule has 0 radical (unpaired) electrons. The predicted molar refractivity (Wildman–Crippen MR) is 94.9 cm³/mol. The minimum Gasteiger partial charge on any atom is -0.748 e. The standard InChI is InChI=1S/C8H18O3S.C7H16O3S.2Na.H2O/c1-2-3-4-5-6-7-8-12(9,10)11;1-2-3-4-5-6-7-11(8,9)10;;;/h2-8H2,1H3,(H,9,10,11);2-7H2,1H3,(H,8,9,10);;;1H2/q;;2*+1;/p-2. The van der Waals surface area contributed by atoms with Gasteiger partial charge in [0.2, 0.25) is 0 Å². The summed E-state index contributed by atoms with van der Waals surface area (Å²) in [6, 6.07) is 0. The van der Waals surface area contributed by atoms with Crippen molar-refractivity contribution in [3.05, 3.63) is 0 Å². The molecule has 0 aromatic carbocycles. The zero-order chi connectivity index (χ0) is 18.2. The minimum absolute atomic E-state index is 0. The molecule has 26 heavy (non-hydrogen) atoms. The first-order chi connectivity index (χ1) is 10.6. The van der Waals surface area contributed by atoms with Gasteiger partial charge in [0.1, 0.15) is 0 Å². The Balaban J connectivity index is -0.000000102. The molecule has 150 valence electrons. The van der Waals surface area contributed by atoms with Crippen LogP contribution in [0.2, 0.25) is 0 Å². The normalized spacial score (nSPS) is 10.5. The number of hydrogen-bond donors (Lipinski definition) is 0. The second-order valence-electron chi connectivity index (χ2n) is 5.71. The van der Waals surface area contributed by atoms with Gasteiger partial charge in [-0.15, -0.1) is 0 Å². The van der Waals surface area contributed by atoms with Crippen molar-refractivity contribution < 1.29 is 90.5 Å². The third kappa shape index (κ3) is 44.9. The van der Waals surface area contributed by atoms with Crippen LogP contribution >= 0.6 is 0 Å². The van der Waals surface area contributed by atoms with Gasteiger partial charge in [0.15, 0.2) is 0 Å². The van der Waals surface area contributed by atoms with E-state index in [2.05, 4.69) is 13.8 Å². The molecule has 0 bridgehead atoms. The first kappa shape index (κ1) is 38.4. The molecule has 0 unspecified atom stereocenters. The van der Waals surface area contributed by atoms with E-state index in [1.54, 1.807) is 0 Å². The Kier molecular flexibility index (Phi) is 36.6. The quantitative estimate of drug-likeness (QED) is 0.167. The van der Waals surface area contributed by atoms with Crippen LogP contribution in [0.25, 0.3) is 0 Å². The van der Waals surface area contributed by atoms with Gasteiger partial charge in [-0.1, -0.05) is 71.6 Å². The maximum Gasteiger partial charge on any atom is 1.00 e. The van der Waals surface area contributed by atoms with Gasteiger partial charge in [-0.2, -0.15) is 0 Å². The van der Waals surface area contributed by atoms with Crippen molar-refractivity contribution >= 4 is 20.2 Å². The second kappa shape index (κ2) is 24.8. The topological polar surface area (TPSA) is 146 Å². The summed E-state index contributed by atoms with van der Waals surface area (Å²) in [6.45, 7) is 4.21. The Bertz CT molecular complexity index is 455. The van der Waals surface area contributed by atoms with E-state index >= 15 is 0 Å². The van der Waals surface area contributed by atoms with E-state index in [1.165, 1.54) is 12.8 Å². The van der Waals surface area contributed by atoms with Crippen molar-refractivity contribution in [3.8, 4) is 0 Å². The van der Waals surface area contributed by atoms with E-state index in [0.717, 1.165) is 44.9 Å². The summed E-state index contributed by atoms with van der Waals surface area (Å²) in [4.78, 5) is 0. The Labute approximate surface area is 204 Å². The number of hydrogen-bond acceptors (Lipinski definition) is 6. The maximum atomic E-state index is 10.2. The minimum atomic E-state index is -3.97. The van der Waals surface area contributed by atoms with Crippen molar-refractivity contribution in [2.24, 2.45) is 0 Å². The van der Waals surface area contributed by atoms with Gasteiger partial charge >= 0.3 is 59.1 Å². The molecule has 0 spiro atoms. The molecular formula is C15H34Na2O7S2. The molecule has 0 aromatic rings. The molecule has 0 aliphatic heterocycles. The van der Waals surface area contributed by atoms with Crippen molar-refractivity contribution in [3.63, 3.8) is 0 Å². The number of rotatable bonds is 13. The zero-order valence-electron chi connectivity index (χ0n) is 17.0. The van der Waals surface area contributed by atoms with Crippen LogP contribution in [-0.4, -0.2) is 42.9 Å². The van der Waals surface area contributed by atoms with Gasteiger partial charge in [-0.3, -0.25) is 0 Å². The molecule has 0 saturated carbocycles. The molecule has 0 fully saturated rings. The average Bonchev–Trinajstić information content (AvgIpc) is 2.41. The summed E-state index contributed by atoms with van der Waals surface area (Å²) in [6.07, 6.45) is 10.6. The Morgan fingerprint density at radius 2 is 0.769 bits per heavy atom. The first-order valence-corrected chi connectivity index (χ1v) is 11.6. The van der Waals surface area contributed by atoms with Gasteiger partial charge in [-0.05, 0) is 12.8 Å². The van der Waals surface area contributed by atoms with E-state index in [4.69, 9.17) is 0 Å². The molecule has 0 aromatic heterocycles. The Hall–Kier alpha value is 1.78. The van der Waals surface area contributed by atoms with Crippen LogP contribution in [0.5, 0.6) is 0 Å². The van der Waals surface area contributed by atoms with Crippen molar-refractivity contribution in [1.82, 2.24) is 0 Å². The summed E-state index contributed by atoms with van der Waals surface area (Å²) in [5.41, 5.74) is 0. The molecule has 11 heteroatoms. The van der Waals surface area contributed by atoms with Crippen molar-refractivity contribution in [2.75, 3.05) is 11.5 Å². The molecule has 0 rings (SSSR count). The molecule has 0 amide bonds. The fourth-order valence-corrected chi connectivity index (χ4v) is 3.06. The van der Waals surface area contributed by atoms with Crippen LogP contribution in [0.1, 0.15) is 84.5 Å². The third-order valence-electron chi connectivity index (χ3n) is 3.25. The van der Waals surface area contributed by atoms with Crippen LogP contribution in [0.15, 0.2) is 0 Å². The Morgan fingerprint density at radius 1 is 0.538 bits per heavy atom. The van der Waals surface area contributed by atoms with E-state index in [1.807, 2.05) is 0 Å². The molecule has 0 aliphatic rings. The first-order valence-electron chi connectivity index (χ1n) is 8.49. The summed E-state index contributed by atoms with van der Waals surface area (Å²) in [5.74, 6) is -0.393. The summed E-state index contributed by atoms with van der Waals surface area (Å²) in [5, 5.41) is 0. The van der Waals surface area contributed by atoms with Crippen molar-refractivity contribution in [2.45, 2.75) is 84.5 Å². The number of unbranched alkanes of at least 4 members (excludes halogenated alkanes) is 9. The van der Waals surface area contributed by atoms with Gasteiger partial charge in [-0.25, -0.2) is 16.8 Å². The van der Waals surface area contributed by atoms with Crippen LogP contribution in [0, 0.1) is 0 Å². The van der Waals surface area contributed by atoms with Crippen LogP contribution in [0.4, 0.5) is 0 Å². The summed E-state index contributed by atoms with van der Waals surface area (Å²) >= 11 is 0. The van der Waals surface area contributed by atoms with Gasteiger partial charge in [0.25, 0.3) is 0 Å². The third-order valence-corrected chi connectivity index (χ3v) is 4.82. The summed E-state index contributed by atoms with van der Waals surface area (Å²) < 4.78 is 60.8. The van der Waals surface area contributed by atoms with Crippen molar-refractivity contribution in [1.29, 1.82) is 0 Å². The second-order valence-corrected chi connectivity index (χ2v) is 8.75. The average molecular weight is 437 g/mol. The molecule has 0 atom stereocenters. The fourth-order valence-electron chi connectivity index (χ4n) is 1.94. The van der Waals surface area contributed by atoms with Crippen LogP contribution < -0.4 is 59.1 Å². The monoisotopic (exact) mass is 436 g/mol. The molecule has 0 aliphatic carbocycles.